The summed E-state index contributed by atoms with van der Waals surface area (Å²) in [5, 5.41) is 7.50. The van der Waals surface area contributed by atoms with E-state index in [4.69, 9.17) is 0 Å². The van der Waals surface area contributed by atoms with E-state index in [-0.39, 0.29) is 5.91 Å². The zero-order valence-corrected chi connectivity index (χ0v) is 12.1. The van der Waals surface area contributed by atoms with Gasteiger partial charge in [-0.3, -0.25) is 9.48 Å². The van der Waals surface area contributed by atoms with Gasteiger partial charge in [0.25, 0.3) is 5.91 Å². The average Bonchev–Trinajstić information content (AvgIpc) is 2.77. The molecule has 106 valence electrons. The number of rotatable bonds is 4. The highest BCUT2D eigenvalue weighted by Crippen LogP contribution is 2.17. The van der Waals surface area contributed by atoms with Crippen LogP contribution in [0.25, 0.3) is 0 Å². The van der Waals surface area contributed by atoms with Crippen molar-refractivity contribution in [1.82, 2.24) is 20.0 Å². The van der Waals surface area contributed by atoms with Crippen LogP contribution >= 0.6 is 0 Å². The van der Waals surface area contributed by atoms with Crippen molar-refractivity contribution < 1.29 is 4.79 Å². The van der Waals surface area contributed by atoms with E-state index in [2.05, 4.69) is 10.4 Å². The smallest absolute Gasteiger partial charge is 0.257 e. The Bertz CT molecular complexity index is 435. The van der Waals surface area contributed by atoms with Gasteiger partial charge in [0.2, 0.25) is 0 Å². The largest absolute Gasteiger partial charge is 0.342 e. The Morgan fingerprint density at radius 3 is 2.79 bits per heavy atom. The van der Waals surface area contributed by atoms with Gasteiger partial charge in [0, 0.05) is 26.3 Å². The highest BCUT2D eigenvalue weighted by atomic mass is 16.2. The summed E-state index contributed by atoms with van der Waals surface area (Å²) in [5.41, 5.74) is 1.65. The van der Waals surface area contributed by atoms with Crippen LogP contribution in [0.15, 0.2) is 6.20 Å². The summed E-state index contributed by atoms with van der Waals surface area (Å²) < 4.78 is 1.74. The second-order valence-corrected chi connectivity index (χ2v) is 5.48. The van der Waals surface area contributed by atoms with E-state index in [0.29, 0.717) is 0 Å². The lowest BCUT2D eigenvalue weighted by Gasteiger charge is -2.25. The molecule has 1 amide bonds. The summed E-state index contributed by atoms with van der Waals surface area (Å²) >= 11 is 0. The van der Waals surface area contributed by atoms with Crippen LogP contribution in [-0.2, 0) is 7.05 Å². The Morgan fingerprint density at radius 1 is 1.53 bits per heavy atom. The predicted molar refractivity (Wildman–Crippen MR) is 75.1 cm³/mol. The number of aromatic nitrogens is 2. The maximum atomic E-state index is 12.3. The molecular weight excluding hydrogens is 240 g/mol. The predicted octanol–water partition coefficient (Wildman–Crippen LogP) is 1.19. The molecule has 0 aliphatic carbocycles. The molecular formula is C14H24N4O. The first-order chi connectivity index (χ1) is 9.09. The summed E-state index contributed by atoms with van der Waals surface area (Å²) in [6.45, 7) is 4.99. The molecule has 1 N–H and O–H groups in total. The average molecular weight is 264 g/mol. The zero-order chi connectivity index (χ0) is 13.8. The van der Waals surface area contributed by atoms with Crippen LogP contribution in [-0.4, -0.2) is 47.3 Å². The first kappa shape index (κ1) is 14.1. The molecule has 5 heteroatoms. The van der Waals surface area contributed by atoms with Gasteiger partial charge in [0.05, 0.1) is 11.8 Å². The standard InChI is InChI=1S/C14H24N4O/c1-11-13(10-16-18(11)3)14(19)17(2)9-6-12-4-7-15-8-5-12/h10,12,15H,4-9H2,1-3H3. The van der Waals surface area contributed by atoms with Gasteiger partial charge in [-0.1, -0.05) is 0 Å². The Labute approximate surface area is 115 Å². The first-order valence-corrected chi connectivity index (χ1v) is 7.04. The summed E-state index contributed by atoms with van der Waals surface area (Å²) in [6.07, 6.45) is 5.23. The van der Waals surface area contributed by atoms with Gasteiger partial charge < -0.3 is 10.2 Å². The van der Waals surface area contributed by atoms with Crippen molar-refractivity contribution in [2.75, 3.05) is 26.7 Å². The van der Waals surface area contributed by atoms with Gasteiger partial charge in [-0.2, -0.15) is 5.10 Å². The van der Waals surface area contributed by atoms with Gasteiger partial charge in [-0.25, -0.2) is 0 Å². The van der Waals surface area contributed by atoms with Crippen LogP contribution in [0.3, 0.4) is 0 Å². The number of hydrogen-bond acceptors (Lipinski definition) is 3. The first-order valence-electron chi connectivity index (χ1n) is 7.04. The summed E-state index contributed by atoms with van der Waals surface area (Å²) in [7, 11) is 3.75. The number of carbonyl (C=O) groups excluding carboxylic acids is 1. The Kier molecular flexibility index (Phi) is 4.58. The summed E-state index contributed by atoms with van der Waals surface area (Å²) in [4.78, 5) is 14.1. The molecule has 19 heavy (non-hydrogen) atoms. The second kappa shape index (κ2) is 6.19. The van der Waals surface area contributed by atoms with Crippen molar-refractivity contribution in [1.29, 1.82) is 0 Å². The fraction of sp³-hybridized carbons (Fsp3) is 0.714. The fourth-order valence-electron chi connectivity index (χ4n) is 2.56. The number of nitrogens with one attached hydrogen (secondary N) is 1. The number of piperidine rings is 1. The van der Waals surface area contributed by atoms with Crippen LogP contribution in [0.2, 0.25) is 0 Å². The number of amides is 1. The molecule has 1 aliphatic heterocycles. The quantitative estimate of drug-likeness (QED) is 0.888. The molecule has 0 bridgehead atoms. The number of carbonyl (C=O) groups is 1. The van der Waals surface area contributed by atoms with Crippen molar-refractivity contribution in [2.45, 2.75) is 26.2 Å². The van der Waals surface area contributed by atoms with Gasteiger partial charge in [0.15, 0.2) is 0 Å². The molecule has 1 aliphatic rings. The third kappa shape index (κ3) is 3.35. The van der Waals surface area contributed by atoms with Crippen LogP contribution < -0.4 is 5.32 Å². The van der Waals surface area contributed by atoms with E-state index in [1.807, 2.05) is 25.9 Å². The number of hydrogen-bond donors (Lipinski definition) is 1. The monoisotopic (exact) mass is 264 g/mol. The Hall–Kier alpha value is -1.36. The lowest BCUT2D eigenvalue weighted by molar-refractivity contribution is 0.0783. The number of aryl methyl sites for hydroxylation is 1. The minimum Gasteiger partial charge on any atom is -0.342 e. The normalized spacial score (nSPS) is 16.6. The van der Waals surface area contributed by atoms with Crippen LogP contribution in [0.5, 0.6) is 0 Å². The molecule has 0 atom stereocenters. The molecule has 1 aromatic rings. The van der Waals surface area contributed by atoms with Gasteiger partial charge >= 0.3 is 0 Å². The van der Waals surface area contributed by atoms with E-state index in [1.165, 1.54) is 12.8 Å². The maximum Gasteiger partial charge on any atom is 0.257 e. The zero-order valence-electron chi connectivity index (χ0n) is 12.1. The Morgan fingerprint density at radius 2 is 2.21 bits per heavy atom. The van der Waals surface area contributed by atoms with Crippen LogP contribution in [0.4, 0.5) is 0 Å². The molecule has 1 aromatic heterocycles. The fourth-order valence-corrected chi connectivity index (χ4v) is 2.56. The van der Waals surface area contributed by atoms with E-state index in [1.54, 1.807) is 10.9 Å². The molecule has 0 spiro atoms. The maximum absolute atomic E-state index is 12.3. The summed E-state index contributed by atoms with van der Waals surface area (Å²) in [6, 6.07) is 0. The van der Waals surface area contributed by atoms with Gasteiger partial charge in [-0.15, -0.1) is 0 Å². The van der Waals surface area contributed by atoms with E-state index >= 15 is 0 Å². The topological polar surface area (TPSA) is 50.2 Å². The highest BCUT2D eigenvalue weighted by Gasteiger charge is 2.19. The molecule has 1 fully saturated rings. The minimum absolute atomic E-state index is 0.0829. The lowest BCUT2D eigenvalue weighted by atomic mass is 9.94. The van der Waals surface area contributed by atoms with Crippen molar-refractivity contribution >= 4 is 5.91 Å². The van der Waals surface area contributed by atoms with E-state index < -0.39 is 0 Å². The molecule has 0 unspecified atom stereocenters. The van der Waals surface area contributed by atoms with Crippen molar-refractivity contribution in [3.05, 3.63) is 17.5 Å². The van der Waals surface area contributed by atoms with Crippen molar-refractivity contribution in [3.63, 3.8) is 0 Å². The highest BCUT2D eigenvalue weighted by molar-refractivity contribution is 5.94. The van der Waals surface area contributed by atoms with Crippen molar-refractivity contribution in [2.24, 2.45) is 13.0 Å². The molecule has 2 rings (SSSR count). The van der Waals surface area contributed by atoms with E-state index in [0.717, 1.165) is 43.2 Å². The molecule has 0 saturated carbocycles. The number of nitrogens with zero attached hydrogens (tertiary/aromatic N) is 3. The van der Waals surface area contributed by atoms with Gasteiger partial charge in [0.1, 0.15) is 0 Å². The summed E-state index contributed by atoms with van der Waals surface area (Å²) in [5.74, 6) is 0.839. The molecule has 0 aromatic carbocycles. The van der Waals surface area contributed by atoms with Crippen LogP contribution in [0.1, 0.15) is 35.3 Å². The minimum atomic E-state index is 0.0829. The molecule has 2 heterocycles. The van der Waals surface area contributed by atoms with Crippen molar-refractivity contribution in [3.8, 4) is 0 Å². The van der Waals surface area contributed by atoms with Crippen LogP contribution in [0, 0.1) is 12.8 Å². The SMILES string of the molecule is Cc1c(C(=O)N(C)CCC2CCNCC2)cnn1C. The molecule has 1 saturated heterocycles. The third-order valence-corrected chi connectivity index (χ3v) is 4.14. The second-order valence-electron chi connectivity index (χ2n) is 5.48. The van der Waals surface area contributed by atoms with E-state index in [9.17, 15) is 4.79 Å². The lowest BCUT2D eigenvalue weighted by Crippen LogP contribution is -2.32. The molecule has 0 radical (unpaired) electrons. The third-order valence-electron chi connectivity index (χ3n) is 4.14. The molecule has 5 nitrogen and oxygen atoms in total. The van der Waals surface area contributed by atoms with Gasteiger partial charge in [-0.05, 0) is 45.2 Å². The Balaban J connectivity index is 1.87.